The molecule has 2 aromatic carbocycles. The molecule has 1 aliphatic carbocycles. The first-order valence-corrected chi connectivity index (χ1v) is 6.88. The predicted octanol–water partition coefficient (Wildman–Crippen LogP) is 4.19. The number of rotatable bonds is 2. The summed E-state index contributed by atoms with van der Waals surface area (Å²) < 4.78 is 0. The SMILES string of the molecule is Cc1ccccc1NC1CCCc2ccc(O)cc21. The Morgan fingerprint density at radius 3 is 2.84 bits per heavy atom. The van der Waals surface area contributed by atoms with Crippen LogP contribution < -0.4 is 5.32 Å². The van der Waals surface area contributed by atoms with Gasteiger partial charge in [-0.3, -0.25) is 0 Å². The quantitative estimate of drug-likeness (QED) is 0.841. The molecule has 0 saturated carbocycles. The molecule has 2 heteroatoms. The first kappa shape index (κ1) is 12.1. The summed E-state index contributed by atoms with van der Waals surface area (Å²) >= 11 is 0. The van der Waals surface area contributed by atoms with E-state index in [0.717, 1.165) is 12.8 Å². The lowest BCUT2D eigenvalue weighted by Gasteiger charge is -2.28. The molecule has 2 N–H and O–H groups in total. The van der Waals surface area contributed by atoms with Crippen molar-refractivity contribution in [3.8, 4) is 5.75 Å². The van der Waals surface area contributed by atoms with Crippen molar-refractivity contribution in [3.63, 3.8) is 0 Å². The summed E-state index contributed by atoms with van der Waals surface area (Å²) in [5.74, 6) is 0.359. The number of anilines is 1. The molecule has 0 fully saturated rings. The average molecular weight is 253 g/mol. The molecule has 0 radical (unpaired) electrons. The van der Waals surface area contributed by atoms with Gasteiger partial charge < -0.3 is 10.4 Å². The van der Waals surface area contributed by atoms with Gasteiger partial charge in [-0.25, -0.2) is 0 Å². The third kappa shape index (κ3) is 2.43. The maximum atomic E-state index is 9.70. The summed E-state index contributed by atoms with van der Waals surface area (Å²) in [6, 6.07) is 14.4. The largest absolute Gasteiger partial charge is 0.508 e. The van der Waals surface area contributed by atoms with Gasteiger partial charge in [0.2, 0.25) is 0 Å². The molecule has 1 unspecified atom stereocenters. The fourth-order valence-corrected chi connectivity index (χ4v) is 2.86. The number of fused-ring (bicyclic) bond motifs is 1. The highest BCUT2D eigenvalue weighted by molar-refractivity contribution is 5.53. The molecular formula is C17H19NO. The molecular weight excluding hydrogens is 234 g/mol. The number of aryl methyl sites for hydroxylation is 2. The first-order valence-electron chi connectivity index (χ1n) is 6.88. The molecule has 0 saturated heterocycles. The van der Waals surface area contributed by atoms with E-state index < -0.39 is 0 Å². The van der Waals surface area contributed by atoms with Crippen molar-refractivity contribution in [3.05, 3.63) is 59.2 Å². The van der Waals surface area contributed by atoms with Crippen LogP contribution >= 0.6 is 0 Å². The molecule has 98 valence electrons. The van der Waals surface area contributed by atoms with Gasteiger partial charge in [-0.1, -0.05) is 24.3 Å². The molecule has 0 bridgehead atoms. The van der Waals surface area contributed by atoms with Gasteiger partial charge in [-0.2, -0.15) is 0 Å². The Morgan fingerprint density at radius 1 is 1.16 bits per heavy atom. The summed E-state index contributed by atoms with van der Waals surface area (Å²) in [7, 11) is 0. The smallest absolute Gasteiger partial charge is 0.115 e. The van der Waals surface area contributed by atoms with Crippen LogP contribution in [0.3, 0.4) is 0 Å². The second-order valence-corrected chi connectivity index (χ2v) is 5.29. The van der Waals surface area contributed by atoms with Gasteiger partial charge in [-0.15, -0.1) is 0 Å². The fraction of sp³-hybridized carbons (Fsp3) is 0.294. The van der Waals surface area contributed by atoms with E-state index in [2.05, 4.69) is 42.6 Å². The molecule has 0 spiro atoms. The molecule has 19 heavy (non-hydrogen) atoms. The molecule has 0 aliphatic heterocycles. The molecule has 0 amide bonds. The van der Waals surface area contributed by atoms with Gasteiger partial charge in [0.05, 0.1) is 6.04 Å². The van der Waals surface area contributed by atoms with Gasteiger partial charge in [0.25, 0.3) is 0 Å². The number of phenolic OH excluding ortho intramolecular Hbond substituents is 1. The van der Waals surface area contributed by atoms with Gasteiger partial charge in [0.15, 0.2) is 0 Å². The van der Waals surface area contributed by atoms with Crippen molar-refractivity contribution in [2.24, 2.45) is 0 Å². The summed E-state index contributed by atoms with van der Waals surface area (Å²) in [6.07, 6.45) is 3.42. The monoisotopic (exact) mass is 253 g/mol. The lowest BCUT2D eigenvalue weighted by Crippen LogP contribution is -2.17. The van der Waals surface area contributed by atoms with Crippen LogP contribution in [0.25, 0.3) is 0 Å². The Labute approximate surface area is 114 Å². The summed E-state index contributed by atoms with van der Waals surface area (Å²) in [5.41, 5.74) is 5.04. The zero-order valence-electron chi connectivity index (χ0n) is 11.2. The van der Waals surface area contributed by atoms with E-state index >= 15 is 0 Å². The predicted molar refractivity (Wildman–Crippen MR) is 78.6 cm³/mol. The summed E-state index contributed by atoms with van der Waals surface area (Å²) in [6.45, 7) is 2.12. The van der Waals surface area contributed by atoms with Gasteiger partial charge in [-0.05, 0) is 61.1 Å². The van der Waals surface area contributed by atoms with Crippen LogP contribution in [0.4, 0.5) is 5.69 Å². The number of phenols is 1. The molecule has 2 aromatic rings. The van der Waals surface area contributed by atoms with E-state index in [1.807, 2.05) is 6.07 Å². The second kappa shape index (κ2) is 4.96. The highest BCUT2D eigenvalue weighted by Gasteiger charge is 2.20. The van der Waals surface area contributed by atoms with E-state index in [1.165, 1.54) is 28.8 Å². The van der Waals surface area contributed by atoms with E-state index in [9.17, 15) is 5.11 Å². The second-order valence-electron chi connectivity index (χ2n) is 5.29. The standard InChI is InChI=1S/C17H19NO/c1-12-5-2-3-7-16(12)18-17-8-4-6-13-9-10-14(19)11-15(13)17/h2-3,5,7,9-11,17-19H,4,6,8H2,1H3. The molecule has 0 aromatic heterocycles. The number of para-hydroxylation sites is 1. The molecule has 1 aliphatic rings. The van der Waals surface area contributed by atoms with Crippen molar-refractivity contribution >= 4 is 5.69 Å². The Hall–Kier alpha value is -1.96. The maximum Gasteiger partial charge on any atom is 0.115 e. The number of hydrogen-bond acceptors (Lipinski definition) is 2. The minimum Gasteiger partial charge on any atom is -0.508 e. The average Bonchev–Trinajstić information content (AvgIpc) is 2.42. The van der Waals surface area contributed by atoms with Crippen LogP contribution in [-0.4, -0.2) is 5.11 Å². The zero-order valence-corrected chi connectivity index (χ0v) is 11.2. The van der Waals surface area contributed by atoms with Crippen LogP contribution in [0, 0.1) is 6.92 Å². The third-order valence-electron chi connectivity index (χ3n) is 3.92. The van der Waals surface area contributed by atoms with Crippen molar-refractivity contribution < 1.29 is 5.11 Å². The van der Waals surface area contributed by atoms with Gasteiger partial charge in [0, 0.05) is 5.69 Å². The highest BCUT2D eigenvalue weighted by atomic mass is 16.3. The van der Waals surface area contributed by atoms with Crippen molar-refractivity contribution in [2.75, 3.05) is 5.32 Å². The van der Waals surface area contributed by atoms with Crippen LogP contribution in [0.1, 0.15) is 35.6 Å². The van der Waals surface area contributed by atoms with E-state index in [-0.39, 0.29) is 0 Å². The van der Waals surface area contributed by atoms with Crippen molar-refractivity contribution in [1.29, 1.82) is 0 Å². The normalized spacial score (nSPS) is 17.8. The number of nitrogens with one attached hydrogen (secondary N) is 1. The van der Waals surface area contributed by atoms with E-state index in [4.69, 9.17) is 0 Å². The van der Waals surface area contributed by atoms with Crippen molar-refractivity contribution in [1.82, 2.24) is 0 Å². The van der Waals surface area contributed by atoms with Crippen LogP contribution in [0.2, 0.25) is 0 Å². The molecule has 0 heterocycles. The van der Waals surface area contributed by atoms with Crippen molar-refractivity contribution in [2.45, 2.75) is 32.2 Å². The molecule has 3 rings (SSSR count). The lowest BCUT2D eigenvalue weighted by molar-refractivity contribution is 0.471. The van der Waals surface area contributed by atoms with Crippen LogP contribution in [0.15, 0.2) is 42.5 Å². The fourth-order valence-electron chi connectivity index (χ4n) is 2.86. The minimum absolute atomic E-state index is 0.303. The lowest BCUT2D eigenvalue weighted by atomic mass is 9.87. The molecule has 2 nitrogen and oxygen atoms in total. The van der Waals surface area contributed by atoms with Gasteiger partial charge in [0.1, 0.15) is 5.75 Å². The Balaban J connectivity index is 1.92. The number of hydrogen-bond donors (Lipinski definition) is 2. The van der Waals surface area contributed by atoms with E-state index in [1.54, 1.807) is 6.07 Å². The third-order valence-corrected chi connectivity index (χ3v) is 3.92. The topological polar surface area (TPSA) is 32.3 Å². The Morgan fingerprint density at radius 2 is 2.00 bits per heavy atom. The maximum absolute atomic E-state index is 9.70. The minimum atomic E-state index is 0.303. The zero-order chi connectivity index (χ0) is 13.2. The Kier molecular flexibility index (Phi) is 3.16. The van der Waals surface area contributed by atoms with Crippen LogP contribution in [-0.2, 0) is 6.42 Å². The molecule has 1 atom stereocenters. The summed E-state index contributed by atoms with van der Waals surface area (Å²) in [4.78, 5) is 0. The highest BCUT2D eigenvalue weighted by Crippen LogP contribution is 2.35. The number of aromatic hydroxyl groups is 1. The Bertz CT molecular complexity index is 592. The summed E-state index contributed by atoms with van der Waals surface area (Å²) in [5, 5.41) is 13.3. The van der Waals surface area contributed by atoms with Crippen LogP contribution in [0.5, 0.6) is 5.75 Å². The van der Waals surface area contributed by atoms with Gasteiger partial charge >= 0.3 is 0 Å². The number of benzene rings is 2. The van der Waals surface area contributed by atoms with E-state index in [0.29, 0.717) is 11.8 Å². The first-order chi connectivity index (χ1) is 9.24.